The van der Waals surface area contributed by atoms with Gasteiger partial charge in [-0.1, -0.05) is 81.1 Å². The van der Waals surface area contributed by atoms with Crippen LogP contribution >= 0.6 is 0 Å². The molecule has 0 unspecified atom stereocenters. The summed E-state index contributed by atoms with van der Waals surface area (Å²) in [4.78, 5) is 14.5. The Morgan fingerprint density at radius 3 is 2.08 bits per heavy atom. The second-order valence-electron chi connectivity index (χ2n) is 19.0. The molecule has 0 saturated heterocycles. The number of hydrogen-bond acceptors (Lipinski definition) is 4. The van der Waals surface area contributed by atoms with E-state index in [-0.39, 0.29) is 20.1 Å². The van der Waals surface area contributed by atoms with Crippen molar-refractivity contribution in [2.45, 2.75) is 90.9 Å². The number of hydrogen-bond donors (Lipinski definition) is 0. The van der Waals surface area contributed by atoms with Crippen LogP contribution in [0.4, 0.5) is 0 Å². The number of para-hydroxylation sites is 2. The Morgan fingerprint density at radius 2 is 1.43 bits per heavy atom. The maximum atomic E-state index is 8.76. The van der Waals surface area contributed by atoms with Gasteiger partial charge in [0.2, 0.25) is 5.71 Å². The molecule has 63 heavy (non-hydrogen) atoms. The van der Waals surface area contributed by atoms with Crippen LogP contribution in [0.3, 0.4) is 0 Å². The number of furan rings is 1. The van der Waals surface area contributed by atoms with Gasteiger partial charge in [-0.25, -0.2) is 4.98 Å². The molecule has 0 fully saturated rings. The standard InChI is InChI=1S/C37H32N3O.C19H26GeN.Ir/c1-22(2)30-20-26(25-12-7-6-8-13-25)21-31(23(3)4)34(30)40-33-17-10-9-16-32(33)39-36(40)29-15-11-14-27-28-19-18-24(5)38-37(28)41-35(27)29;1-19(2,3)13-16-12-18(15-10-8-7-9-11-15)21-14-17(16)20(4,5)6;/h6-14,16-23H,1-5H3;7-10,12,14H,13H2,1-6H3;/q2*-1;/i;13D2;. The number of aromatic nitrogens is 4. The van der Waals surface area contributed by atoms with Crippen molar-refractivity contribution in [1.29, 1.82) is 0 Å². The van der Waals surface area contributed by atoms with Crippen LogP contribution in [0.25, 0.3) is 72.6 Å². The molecule has 7 heteroatoms. The van der Waals surface area contributed by atoms with Crippen molar-refractivity contribution < 1.29 is 27.3 Å². The van der Waals surface area contributed by atoms with Gasteiger partial charge in [0.25, 0.3) is 0 Å². The molecule has 0 aliphatic rings. The number of imidazole rings is 1. The van der Waals surface area contributed by atoms with Gasteiger partial charge in [-0.3, -0.25) is 4.98 Å². The van der Waals surface area contributed by atoms with E-state index in [1.165, 1.54) is 27.9 Å². The first-order valence-corrected chi connectivity index (χ1v) is 29.1. The summed E-state index contributed by atoms with van der Waals surface area (Å²) < 4.78 is 27.4. The molecule has 4 heterocycles. The summed E-state index contributed by atoms with van der Waals surface area (Å²) in [5, 5.41) is 2.02. The minimum absolute atomic E-state index is 0. The number of fused-ring (bicyclic) bond motifs is 4. The van der Waals surface area contributed by atoms with Crippen LogP contribution in [0.1, 0.15) is 85.4 Å². The van der Waals surface area contributed by atoms with E-state index < -0.39 is 25.1 Å². The van der Waals surface area contributed by atoms with Crippen LogP contribution in [0.15, 0.2) is 132 Å². The molecule has 0 spiro atoms. The quantitative estimate of drug-likeness (QED) is 0.112. The van der Waals surface area contributed by atoms with Crippen LogP contribution in [-0.2, 0) is 26.5 Å². The monoisotopic (exact) mass is 1070 g/mol. The Hall–Kier alpha value is -5.14. The van der Waals surface area contributed by atoms with Gasteiger partial charge in [-0.2, -0.15) is 0 Å². The molecule has 1 radical (unpaired) electrons. The van der Waals surface area contributed by atoms with Crippen molar-refractivity contribution in [3.05, 3.63) is 162 Å². The van der Waals surface area contributed by atoms with Crippen LogP contribution in [0.2, 0.25) is 17.3 Å². The van der Waals surface area contributed by atoms with Gasteiger partial charge in [-0.15, -0.1) is 18.2 Å². The van der Waals surface area contributed by atoms with Crippen LogP contribution in [0, 0.1) is 24.5 Å². The van der Waals surface area contributed by atoms with Gasteiger partial charge in [-0.05, 0) is 77.4 Å². The van der Waals surface area contributed by atoms with Gasteiger partial charge >= 0.3 is 135 Å². The summed E-state index contributed by atoms with van der Waals surface area (Å²) in [7, 11) is 0. The molecule has 9 aromatic rings. The minimum atomic E-state index is -2.24. The molecule has 5 nitrogen and oxygen atoms in total. The molecule has 0 bridgehead atoms. The molecule has 0 amide bonds. The van der Waals surface area contributed by atoms with E-state index in [0.29, 0.717) is 17.5 Å². The molecule has 0 saturated carbocycles. The molecule has 0 N–H and O–H groups in total. The summed E-state index contributed by atoms with van der Waals surface area (Å²) in [6, 6.07) is 48.3. The Bertz CT molecular complexity index is 3100. The van der Waals surface area contributed by atoms with E-state index in [1.807, 2.05) is 82.4 Å². The molecule has 0 aliphatic heterocycles. The largest absolute Gasteiger partial charge is 0 e. The second kappa shape index (κ2) is 18.5. The molecule has 0 atom stereocenters. The summed E-state index contributed by atoms with van der Waals surface area (Å²) in [5.74, 6) is 8.26. The molecule has 4 aromatic heterocycles. The Kier molecular flexibility index (Phi) is 12.7. The number of aryl methyl sites for hydroxylation is 1. The first kappa shape index (κ1) is 43.1. The minimum Gasteiger partial charge on any atom is 0 e. The second-order valence-corrected chi connectivity index (χ2v) is 29.5. The Balaban J connectivity index is 0.000000225. The summed E-state index contributed by atoms with van der Waals surface area (Å²) in [6.45, 7) is 17.0. The van der Waals surface area contributed by atoms with Gasteiger partial charge in [0, 0.05) is 36.9 Å². The summed E-state index contributed by atoms with van der Waals surface area (Å²) >= 11 is -2.24. The van der Waals surface area contributed by atoms with Crippen LogP contribution < -0.4 is 4.40 Å². The van der Waals surface area contributed by atoms with Crippen molar-refractivity contribution in [2.75, 3.05) is 0 Å². The zero-order valence-corrected chi connectivity index (χ0v) is 42.8. The average Bonchev–Trinajstić information content (AvgIpc) is 3.84. The third-order valence-electron chi connectivity index (χ3n) is 11.2. The first-order chi connectivity index (χ1) is 30.3. The van der Waals surface area contributed by atoms with Gasteiger partial charge in [0.15, 0.2) is 0 Å². The fourth-order valence-electron chi connectivity index (χ4n) is 8.18. The van der Waals surface area contributed by atoms with Crippen molar-refractivity contribution in [3.8, 4) is 39.5 Å². The fraction of sp³-hybridized carbons (Fsp3) is 0.268. The van der Waals surface area contributed by atoms with Crippen molar-refractivity contribution >= 4 is 50.8 Å². The SMILES string of the molecule is Cc1ccc2c(n1)oc1c(-c3nc4ccccc4n3-c3c(C(C)C)cc(-c4ccccc4)cc3C(C)C)[c-]ccc12.[2H]C([2H])(c1cc(-c2[c-]cccc2)nc[c]1[Ge]([CH3])([CH3])[CH3])C(C)(C)C.[Ir]. The molecular weight excluding hydrogens is 1010 g/mol. The van der Waals surface area contributed by atoms with Crippen LogP contribution in [-0.4, -0.2) is 32.8 Å². The molecule has 5 aromatic carbocycles. The predicted molar refractivity (Wildman–Crippen MR) is 263 cm³/mol. The van der Waals surface area contributed by atoms with Gasteiger partial charge < -0.3 is 8.98 Å². The Morgan fingerprint density at radius 1 is 0.746 bits per heavy atom. The summed E-state index contributed by atoms with van der Waals surface area (Å²) in [5.41, 5.74) is 13.4. The maximum absolute atomic E-state index is 8.76. The number of benzene rings is 5. The number of pyridine rings is 2. The first-order valence-electron chi connectivity index (χ1n) is 22.7. The smallest absolute Gasteiger partial charge is 0 e. The normalized spacial score (nSPS) is 12.7. The van der Waals surface area contributed by atoms with E-state index in [9.17, 15) is 0 Å². The third kappa shape index (κ3) is 9.70. The molecule has 9 rings (SSSR count). The van der Waals surface area contributed by atoms with E-state index in [2.05, 4.69) is 144 Å². The van der Waals surface area contributed by atoms with E-state index in [0.717, 1.165) is 65.7 Å². The zero-order chi connectivity index (χ0) is 45.7. The number of rotatable bonds is 8. The third-order valence-corrected chi connectivity index (χ3v) is 15.4. The van der Waals surface area contributed by atoms with Gasteiger partial charge in [0.05, 0.1) is 22.4 Å². The molecule has 323 valence electrons. The Labute approximate surface area is 393 Å². The maximum Gasteiger partial charge on any atom is 0 e. The van der Waals surface area contributed by atoms with E-state index in [4.69, 9.17) is 12.1 Å². The van der Waals surface area contributed by atoms with Crippen molar-refractivity contribution in [3.63, 3.8) is 0 Å². The van der Waals surface area contributed by atoms with E-state index in [1.54, 1.807) is 0 Å². The topological polar surface area (TPSA) is 56.7 Å². The predicted octanol–water partition coefficient (Wildman–Crippen LogP) is 14.7. The molecule has 0 aliphatic carbocycles. The van der Waals surface area contributed by atoms with Crippen LogP contribution in [0.5, 0.6) is 0 Å². The number of nitrogens with zero attached hydrogens (tertiary/aromatic N) is 4. The summed E-state index contributed by atoms with van der Waals surface area (Å²) in [6.07, 6.45) is 0.502. The molecular formula is C56H58GeIrN4O-2. The zero-order valence-electron chi connectivity index (χ0n) is 40.3. The van der Waals surface area contributed by atoms with Crippen molar-refractivity contribution in [1.82, 2.24) is 19.5 Å². The van der Waals surface area contributed by atoms with E-state index >= 15 is 0 Å². The average molecular weight is 1070 g/mol. The fourth-order valence-corrected chi connectivity index (χ4v) is 11.1. The van der Waals surface area contributed by atoms with Gasteiger partial charge in [0.1, 0.15) is 0 Å². The van der Waals surface area contributed by atoms with Crippen molar-refractivity contribution in [2.24, 2.45) is 5.41 Å².